The Labute approximate surface area is 159 Å². The first-order valence-corrected chi connectivity index (χ1v) is 9.25. The smallest absolute Gasteiger partial charge is 0.406 e. The summed E-state index contributed by atoms with van der Waals surface area (Å²) in [6, 6.07) is 9.75. The zero-order valence-corrected chi connectivity index (χ0v) is 15.4. The number of alkyl halides is 3. The molecule has 2 N–H and O–H groups in total. The number of primary amides is 1. The normalized spacial score (nSPS) is 18.0. The van der Waals surface area contributed by atoms with Crippen molar-refractivity contribution in [3.8, 4) is 16.2 Å². The number of benzene rings is 1. The highest BCUT2D eigenvalue weighted by molar-refractivity contribution is 7.19. The first kappa shape index (κ1) is 19.3. The summed E-state index contributed by atoms with van der Waals surface area (Å²) in [5, 5.41) is 1.06. The molecule has 1 aliphatic rings. The molecule has 1 atom stereocenters. The fourth-order valence-corrected chi connectivity index (χ4v) is 4.31. The third-order valence-corrected chi connectivity index (χ3v) is 5.69. The summed E-state index contributed by atoms with van der Waals surface area (Å²) in [7, 11) is 0. The fraction of sp³-hybridized carbons (Fsp3) is 0.316. The Hall–Kier alpha value is -2.48. The second kappa shape index (κ2) is 7.64. The number of carbonyl (C=O) groups is 1. The van der Waals surface area contributed by atoms with Gasteiger partial charge in [-0.05, 0) is 55.3 Å². The number of anilines is 1. The molecule has 1 aromatic heterocycles. The molecule has 0 spiro atoms. The SMILES string of the molecule is C/C=C(\C(N)=O)C1CCN(c2ccc(-c3ccc(OC(F)(F)F)cc3)s2)C1. The highest BCUT2D eigenvalue weighted by atomic mass is 32.1. The predicted octanol–water partition coefficient (Wildman–Crippen LogP) is 4.57. The van der Waals surface area contributed by atoms with Gasteiger partial charge in [0.1, 0.15) is 5.75 Å². The van der Waals surface area contributed by atoms with Crippen LogP contribution in [0.5, 0.6) is 5.75 Å². The van der Waals surface area contributed by atoms with Crippen LogP contribution in [0.15, 0.2) is 48.0 Å². The molecule has 1 fully saturated rings. The van der Waals surface area contributed by atoms with Gasteiger partial charge in [0.05, 0.1) is 5.00 Å². The van der Waals surface area contributed by atoms with Crippen LogP contribution in [0.2, 0.25) is 0 Å². The van der Waals surface area contributed by atoms with E-state index in [0.29, 0.717) is 5.57 Å². The Morgan fingerprint density at radius 2 is 1.96 bits per heavy atom. The van der Waals surface area contributed by atoms with E-state index in [1.54, 1.807) is 29.5 Å². The van der Waals surface area contributed by atoms with E-state index in [0.717, 1.165) is 35.0 Å². The van der Waals surface area contributed by atoms with E-state index >= 15 is 0 Å². The summed E-state index contributed by atoms with van der Waals surface area (Å²) in [4.78, 5) is 14.7. The molecule has 2 heterocycles. The van der Waals surface area contributed by atoms with Crippen molar-refractivity contribution in [2.24, 2.45) is 11.7 Å². The van der Waals surface area contributed by atoms with E-state index < -0.39 is 6.36 Å². The molecule has 2 aromatic rings. The first-order valence-electron chi connectivity index (χ1n) is 8.44. The summed E-state index contributed by atoms with van der Waals surface area (Å²) in [5.74, 6) is -0.495. The van der Waals surface area contributed by atoms with Crippen LogP contribution in [0.25, 0.3) is 10.4 Å². The molecule has 0 radical (unpaired) electrons. The van der Waals surface area contributed by atoms with Crippen molar-refractivity contribution < 1.29 is 22.7 Å². The minimum absolute atomic E-state index is 0.122. The Bertz CT molecular complexity index is 843. The van der Waals surface area contributed by atoms with Gasteiger partial charge in [-0.25, -0.2) is 0 Å². The van der Waals surface area contributed by atoms with Gasteiger partial charge in [-0.2, -0.15) is 0 Å². The average Bonchev–Trinajstić information content (AvgIpc) is 3.23. The monoisotopic (exact) mass is 396 g/mol. The van der Waals surface area contributed by atoms with Crippen LogP contribution in [0.1, 0.15) is 13.3 Å². The molecule has 1 aliphatic heterocycles. The Morgan fingerprint density at radius 3 is 2.56 bits per heavy atom. The number of nitrogens with two attached hydrogens (primary N) is 1. The molecule has 1 unspecified atom stereocenters. The second-order valence-electron chi connectivity index (χ2n) is 6.25. The van der Waals surface area contributed by atoms with Gasteiger partial charge in [-0.3, -0.25) is 4.79 Å². The number of ether oxygens (including phenoxy) is 1. The number of hydrogen-bond acceptors (Lipinski definition) is 4. The lowest BCUT2D eigenvalue weighted by Gasteiger charge is -2.16. The van der Waals surface area contributed by atoms with Crippen molar-refractivity contribution in [1.82, 2.24) is 0 Å². The number of nitrogens with zero attached hydrogens (tertiary/aromatic N) is 1. The molecule has 27 heavy (non-hydrogen) atoms. The average molecular weight is 396 g/mol. The van der Waals surface area contributed by atoms with E-state index in [-0.39, 0.29) is 17.6 Å². The van der Waals surface area contributed by atoms with Crippen molar-refractivity contribution in [2.75, 3.05) is 18.0 Å². The van der Waals surface area contributed by atoms with Crippen LogP contribution >= 0.6 is 11.3 Å². The number of carbonyl (C=O) groups excluding carboxylic acids is 1. The van der Waals surface area contributed by atoms with Gasteiger partial charge in [0, 0.05) is 29.5 Å². The van der Waals surface area contributed by atoms with Crippen LogP contribution < -0.4 is 15.4 Å². The van der Waals surface area contributed by atoms with Gasteiger partial charge < -0.3 is 15.4 Å². The van der Waals surface area contributed by atoms with Crippen LogP contribution in [0.3, 0.4) is 0 Å². The van der Waals surface area contributed by atoms with Gasteiger partial charge in [0.2, 0.25) is 5.91 Å². The number of hydrogen-bond donors (Lipinski definition) is 1. The molecular formula is C19H19F3N2O2S. The van der Waals surface area contributed by atoms with E-state index in [2.05, 4.69) is 9.64 Å². The Kier molecular flexibility index (Phi) is 5.46. The van der Waals surface area contributed by atoms with Gasteiger partial charge in [-0.1, -0.05) is 6.08 Å². The number of halogens is 3. The third-order valence-electron chi connectivity index (χ3n) is 4.50. The number of rotatable bonds is 5. The molecule has 1 aromatic carbocycles. The lowest BCUT2D eigenvalue weighted by molar-refractivity contribution is -0.274. The fourth-order valence-electron chi connectivity index (χ4n) is 3.27. The van der Waals surface area contributed by atoms with Gasteiger partial charge in [0.15, 0.2) is 0 Å². The summed E-state index contributed by atoms with van der Waals surface area (Å²) in [6.07, 6.45) is -2.05. The molecule has 1 amide bonds. The highest BCUT2D eigenvalue weighted by Crippen LogP contribution is 2.37. The molecule has 3 rings (SSSR count). The molecule has 4 nitrogen and oxygen atoms in total. The molecule has 0 aliphatic carbocycles. The number of thiophene rings is 1. The first-order chi connectivity index (χ1) is 12.8. The second-order valence-corrected chi connectivity index (χ2v) is 7.31. The minimum atomic E-state index is -4.69. The zero-order chi connectivity index (χ0) is 19.6. The molecule has 0 saturated carbocycles. The summed E-state index contributed by atoms with van der Waals surface area (Å²) in [6.45, 7) is 3.37. The van der Waals surface area contributed by atoms with E-state index in [4.69, 9.17) is 5.73 Å². The number of amides is 1. The molecule has 8 heteroatoms. The maximum absolute atomic E-state index is 12.2. The highest BCUT2D eigenvalue weighted by Gasteiger charge is 2.31. The van der Waals surface area contributed by atoms with Crippen molar-refractivity contribution in [2.45, 2.75) is 19.7 Å². The minimum Gasteiger partial charge on any atom is -0.406 e. The van der Waals surface area contributed by atoms with Gasteiger partial charge in [0.25, 0.3) is 0 Å². The van der Waals surface area contributed by atoms with Crippen LogP contribution in [0.4, 0.5) is 18.2 Å². The molecule has 144 valence electrons. The Balaban J connectivity index is 1.69. The summed E-state index contributed by atoms with van der Waals surface area (Å²) < 4.78 is 40.6. The van der Waals surface area contributed by atoms with E-state index in [1.807, 2.05) is 19.1 Å². The zero-order valence-electron chi connectivity index (χ0n) is 14.6. The lowest BCUT2D eigenvalue weighted by atomic mass is 9.97. The third kappa shape index (κ3) is 4.63. The van der Waals surface area contributed by atoms with Gasteiger partial charge in [-0.15, -0.1) is 24.5 Å². The molecule has 1 saturated heterocycles. The molecule has 0 bridgehead atoms. The molecular weight excluding hydrogens is 377 g/mol. The predicted molar refractivity (Wildman–Crippen MR) is 99.7 cm³/mol. The van der Waals surface area contributed by atoms with E-state index in [9.17, 15) is 18.0 Å². The van der Waals surface area contributed by atoms with Crippen molar-refractivity contribution in [3.63, 3.8) is 0 Å². The topological polar surface area (TPSA) is 55.6 Å². The quantitative estimate of drug-likeness (QED) is 0.753. The van der Waals surface area contributed by atoms with Crippen LogP contribution in [-0.4, -0.2) is 25.4 Å². The maximum Gasteiger partial charge on any atom is 0.573 e. The van der Waals surface area contributed by atoms with Gasteiger partial charge >= 0.3 is 6.36 Å². The van der Waals surface area contributed by atoms with E-state index in [1.165, 1.54) is 12.1 Å². The largest absolute Gasteiger partial charge is 0.573 e. The Morgan fingerprint density at radius 1 is 1.26 bits per heavy atom. The standard InChI is InChI=1S/C19H19F3N2O2S/c1-2-15(18(23)25)13-9-10-24(11-13)17-8-7-16(27-17)12-3-5-14(6-4-12)26-19(20,21)22/h2-8,13H,9-11H2,1H3,(H2,23,25)/b15-2-. The van der Waals surface area contributed by atoms with Crippen LogP contribution in [0, 0.1) is 5.92 Å². The number of allylic oxidation sites excluding steroid dienone is 1. The summed E-state index contributed by atoms with van der Waals surface area (Å²) in [5.41, 5.74) is 6.92. The van der Waals surface area contributed by atoms with Crippen molar-refractivity contribution in [3.05, 3.63) is 48.0 Å². The van der Waals surface area contributed by atoms with Crippen LogP contribution in [-0.2, 0) is 4.79 Å². The van der Waals surface area contributed by atoms with Crippen molar-refractivity contribution >= 4 is 22.2 Å². The summed E-state index contributed by atoms with van der Waals surface area (Å²) >= 11 is 1.56. The van der Waals surface area contributed by atoms with Crippen molar-refractivity contribution in [1.29, 1.82) is 0 Å². The lowest BCUT2D eigenvalue weighted by Crippen LogP contribution is -2.24. The maximum atomic E-state index is 12.2.